The topological polar surface area (TPSA) is 62.6 Å². The van der Waals surface area contributed by atoms with Crippen LogP contribution in [0.5, 0.6) is 0 Å². The highest BCUT2D eigenvalue weighted by Crippen LogP contribution is 2.59. The SMILES string of the molecule is O=C(Nc1ccc(F)c(F)c1)[C@H]1CC12CCN(C(=O)c1ccoc1)CC2. The van der Waals surface area contributed by atoms with Crippen LogP contribution in [0.1, 0.15) is 29.6 Å². The number of anilines is 1. The summed E-state index contributed by atoms with van der Waals surface area (Å²) >= 11 is 0. The smallest absolute Gasteiger partial charge is 0.257 e. The molecule has 4 rings (SSSR count). The number of likely N-dealkylation sites (tertiary alicyclic amines) is 1. The molecule has 1 saturated carbocycles. The Morgan fingerprint density at radius 3 is 2.58 bits per heavy atom. The van der Waals surface area contributed by atoms with Crippen LogP contribution in [0.3, 0.4) is 0 Å². The van der Waals surface area contributed by atoms with Crippen molar-refractivity contribution in [1.82, 2.24) is 4.90 Å². The number of piperidine rings is 1. The number of benzene rings is 1. The molecule has 2 fully saturated rings. The largest absolute Gasteiger partial charge is 0.472 e. The fraction of sp³-hybridized carbons (Fsp3) is 0.368. The number of rotatable bonds is 3. The molecule has 136 valence electrons. The van der Waals surface area contributed by atoms with E-state index >= 15 is 0 Å². The molecule has 1 aromatic heterocycles. The maximum Gasteiger partial charge on any atom is 0.257 e. The van der Waals surface area contributed by atoms with Gasteiger partial charge < -0.3 is 14.6 Å². The molecular weight excluding hydrogens is 342 g/mol. The van der Waals surface area contributed by atoms with Crippen molar-refractivity contribution in [2.45, 2.75) is 19.3 Å². The van der Waals surface area contributed by atoms with Crippen LogP contribution >= 0.6 is 0 Å². The van der Waals surface area contributed by atoms with E-state index in [2.05, 4.69) is 5.32 Å². The highest BCUT2D eigenvalue weighted by atomic mass is 19.2. The Morgan fingerprint density at radius 1 is 1.15 bits per heavy atom. The number of furan rings is 1. The standard InChI is InChI=1S/C19H18F2N2O3/c20-15-2-1-13(9-16(15)21)22-17(24)14-10-19(14)4-6-23(7-5-19)18(25)12-3-8-26-11-12/h1-3,8-9,11,14H,4-7,10H2,(H,22,24)/t14-/m1/s1. The zero-order valence-electron chi connectivity index (χ0n) is 14.0. The zero-order valence-corrected chi connectivity index (χ0v) is 14.0. The summed E-state index contributed by atoms with van der Waals surface area (Å²) in [5, 5.41) is 2.66. The van der Waals surface area contributed by atoms with Crippen molar-refractivity contribution in [3.8, 4) is 0 Å². The molecule has 1 saturated heterocycles. The summed E-state index contributed by atoms with van der Waals surface area (Å²) in [4.78, 5) is 26.5. The highest BCUT2D eigenvalue weighted by molar-refractivity contribution is 5.95. The molecule has 1 N–H and O–H groups in total. The fourth-order valence-electron chi connectivity index (χ4n) is 3.80. The fourth-order valence-corrected chi connectivity index (χ4v) is 3.80. The Kier molecular flexibility index (Phi) is 4.01. The van der Waals surface area contributed by atoms with Crippen molar-refractivity contribution in [2.24, 2.45) is 11.3 Å². The van der Waals surface area contributed by atoms with Gasteiger partial charge in [-0.2, -0.15) is 0 Å². The summed E-state index contributed by atoms with van der Waals surface area (Å²) in [5.74, 6) is -2.32. The lowest BCUT2D eigenvalue weighted by Gasteiger charge is -2.32. The summed E-state index contributed by atoms with van der Waals surface area (Å²) in [6.07, 6.45) is 5.18. The number of halogens is 2. The lowest BCUT2D eigenvalue weighted by molar-refractivity contribution is -0.118. The third kappa shape index (κ3) is 2.98. The summed E-state index contributed by atoms with van der Waals surface area (Å²) in [7, 11) is 0. The number of nitrogens with one attached hydrogen (secondary N) is 1. The van der Waals surface area contributed by atoms with Gasteiger partial charge in [-0.05, 0) is 42.9 Å². The predicted molar refractivity (Wildman–Crippen MR) is 89.4 cm³/mol. The summed E-state index contributed by atoms with van der Waals surface area (Å²) < 4.78 is 31.2. The third-order valence-electron chi connectivity index (χ3n) is 5.51. The van der Waals surface area contributed by atoms with Crippen LogP contribution in [-0.4, -0.2) is 29.8 Å². The number of hydrogen-bond donors (Lipinski definition) is 1. The zero-order chi connectivity index (χ0) is 18.3. The van der Waals surface area contributed by atoms with Gasteiger partial charge in [0.05, 0.1) is 11.8 Å². The molecule has 1 spiro atoms. The molecule has 0 bridgehead atoms. The molecule has 2 amide bonds. The van der Waals surface area contributed by atoms with Crippen LogP contribution in [0.4, 0.5) is 14.5 Å². The normalized spacial score (nSPS) is 20.8. The van der Waals surface area contributed by atoms with E-state index in [1.54, 1.807) is 11.0 Å². The van der Waals surface area contributed by atoms with Crippen LogP contribution in [0, 0.1) is 23.0 Å². The van der Waals surface area contributed by atoms with Crippen LogP contribution in [0.25, 0.3) is 0 Å². The van der Waals surface area contributed by atoms with E-state index in [0.29, 0.717) is 18.7 Å². The molecule has 1 atom stereocenters. The molecule has 7 heteroatoms. The van der Waals surface area contributed by atoms with Gasteiger partial charge in [-0.15, -0.1) is 0 Å². The minimum Gasteiger partial charge on any atom is -0.472 e. The van der Waals surface area contributed by atoms with E-state index in [4.69, 9.17) is 4.42 Å². The Bertz CT molecular complexity index is 842. The monoisotopic (exact) mass is 360 g/mol. The Labute approximate surface area is 149 Å². The average Bonchev–Trinajstić information content (AvgIpc) is 3.07. The van der Waals surface area contributed by atoms with Gasteiger partial charge in [0, 0.05) is 30.8 Å². The molecule has 1 aliphatic carbocycles. The van der Waals surface area contributed by atoms with Crippen molar-refractivity contribution in [3.05, 3.63) is 54.0 Å². The Morgan fingerprint density at radius 2 is 1.92 bits per heavy atom. The second-order valence-corrected chi connectivity index (χ2v) is 7.04. The van der Waals surface area contributed by atoms with E-state index in [-0.39, 0.29) is 28.8 Å². The second kappa shape index (κ2) is 6.23. The first-order valence-electron chi connectivity index (χ1n) is 8.56. The lowest BCUT2D eigenvalue weighted by Crippen LogP contribution is -2.40. The van der Waals surface area contributed by atoms with E-state index < -0.39 is 11.6 Å². The van der Waals surface area contributed by atoms with Crippen LogP contribution in [0.2, 0.25) is 0 Å². The first kappa shape index (κ1) is 16.8. The molecular formula is C19H18F2N2O3. The molecule has 2 aliphatic rings. The summed E-state index contributed by atoms with van der Waals surface area (Å²) in [6, 6.07) is 4.96. The van der Waals surface area contributed by atoms with Crippen molar-refractivity contribution < 1.29 is 22.8 Å². The van der Waals surface area contributed by atoms with Crippen LogP contribution < -0.4 is 5.32 Å². The molecule has 2 aromatic rings. The Balaban J connectivity index is 1.34. The maximum absolute atomic E-state index is 13.3. The van der Waals surface area contributed by atoms with Gasteiger partial charge in [0.15, 0.2) is 11.6 Å². The minimum atomic E-state index is -0.987. The first-order chi connectivity index (χ1) is 12.5. The number of carbonyl (C=O) groups is 2. The van der Waals surface area contributed by atoms with Gasteiger partial charge in [-0.3, -0.25) is 9.59 Å². The summed E-state index contributed by atoms with van der Waals surface area (Å²) in [6.45, 7) is 1.19. The molecule has 2 heterocycles. The third-order valence-corrected chi connectivity index (χ3v) is 5.51. The molecule has 5 nitrogen and oxygen atoms in total. The number of amides is 2. The van der Waals surface area contributed by atoms with Gasteiger partial charge in [0.2, 0.25) is 5.91 Å². The van der Waals surface area contributed by atoms with Gasteiger partial charge in [-0.1, -0.05) is 0 Å². The number of nitrogens with zero attached hydrogens (tertiary/aromatic N) is 1. The van der Waals surface area contributed by atoms with E-state index in [0.717, 1.165) is 31.4 Å². The average molecular weight is 360 g/mol. The van der Waals surface area contributed by atoms with Gasteiger partial charge >= 0.3 is 0 Å². The molecule has 0 unspecified atom stereocenters. The van der Waals surface area contributed by atoms with E-state index in [1.807, 2.05) is 0 Å². The van der Waals surface area contributed by atoms with E-state index in [1.165, 1.54) is 18.6 Å². The van der Waals surface area contributed by atoms with Gasteiger partial charge in [0.25, 0.3) is 5.91 Å². The number of carbonyl (C=O) groups excluding carboxylic acids is 2. The van der Waals surface area contributed by atoms with Crippen molar-refractivity contribution in [3.63, 3.8) is 0 Å². The minimum absolute atomic E-state index is 0.0583. The summed E-state index contributed by atoms with van der Waals surface area (Å²) in [5.41, 5.74) is 0.698. The molecule has 26 heavy (non-hydrogen) atoms. The second-order valence-electron chi connectivity index (χ2n) is 7.04. The molecule has 1 aliphatic heterocycles. The highest BCUT2D eigenvalue weighted by Gasteiger charge is 2.58. The maximum atomic E-state index is 13.3. The van der Waals surface area contributed by atoms with Crippen molar-refractivity contribution in [1.29, 1.82) is 0 Å². The first-order valence-corrected chi connectivity index (χ1v) is 8.56. The van der Waals surface area contributed by atoms with Crippen molar-refractivity contribution in [2.75, 3.05) is 18.4 Å². The lowest BCUT2D eigenvalue weighted by atomic mass is 9.90. The van der Waals surface area contributed by atoms with Gasteiger partial charge in [0.1, 0.15) is 6.26 Å². The predicted octanol–water partition coefficient (Wildman–Crippen LogP) is 3.44. The van der Waals surface area contributed by atoms with Crippen molar-refractivity contribution >= 4 is 17.5 Å². The van der Waals surface area contributed by atoms with Crippen LogP contribution in [-0.2, 0) is 4.79 Å². The molecule has 1 aromatic carbocycles. The molecule has 0 radical (unpaired) electrons. The van der Waals surface area contributed by atoms with E-state index in [9.17, 15) is 18.4 Å². The quantitative estimate of drug-likeness (QED) is 0.912. The number of hydrogen-bond acceptors (Lipinski definition) is 3. The van der Waals surface area contributed by atoms with Crippen LogP contribution in [0.15, 0.2) is 41.2 Å². The van der Waals surface area contributed by atoms with Gasteiger partial charge in [-0.25, -0.2) is 8.78 Å². The Hall–Kier alpha value is -2.70.